The number of aryl methyl sites for hydroxylation is 1. The molecule has 17 heavy (non-hydrogen) atoms. The van der Waals surface area contributed by atoms with Crippen molar-refractivity contribution < 1.29 is 0 Å². The van der Waals surface area contributed by atoms with Gasteiger partial charge in [-0.1, -0.05) is 0 Å². The Morgan fingerprint density at radius 1 is 1.59 bits per heavy atom. The molecule has 1 aromatic heterocycles. The second kappa shape index (κ2) is 5.60. The first kappa shape index (κ1) is 11.8. The van der Waals surface area contributed by atoms with Crippen LogP contribution in [0.4, 0.5) is 5.95 Å². The maximum Gasteiger partial charge on any atom is 0.224 e. The van der Waals surface area contributed by atoms with E-state index in [2.05, 4.69) is 20.6 Å². The molecule has 1 aliphatic rings. The molecule has 2 N–H and O–H groups in total. The molecule has 5 nitrogen and oxygen atoms in total. The van der Waals surface area contributed by atoms with E-state index in [-0.39, 0.29) is 0 Å². The van der Waals surface area contributed by atoms with E-state index < -0.39 is 0 Å². The minimum atomic E-state index is 0.418. The molecule has 1 saturated heterocycles. The summed E-state index contributed by atoms with van der Waals surface area (Å²) in [6.45, 7) is 4.90. The summed E-state index contributed by atoms with van der Waals surface area (Å²) < 4.78 is 0. The van der Waals surface area contributed by atoms with Crippen LogP contribution in [-0.4, -0.2) is 29.6 Å². The van der Waals surface area contributed by atoms with Gasteiger partial charge in [-0.15, -0.1) is 0 Å². The van der Waals surface area contributed by atoms with Gasteiger partial charge in [-0.05, 0) is 44.8 Å². The van der Waals surface area contributed by atoms with E-state index in [1.54, 1.807) is 6.07 Å². The molecule has 90 valence electrons. The molecule has 1 aromatic rings. The number of hydrogen-bond donors (Lipinski definition) is 2. The van der Waals surface area contributed by atoms with Crippen LogP contribution >= 0.6 is 0 Å². The zero-order chi connectivity index (χ0) is 12.1. The summed E-state index contributed by atoms with van der Waals surface area (Å²) in [6.07, 6.45) is 2.46. The van der Waals surface area contributed by atoms with Crippen molar-refractivity contribution in [1.82, 2.24) is 15.3 Å². The number of hydrogen-bond acceptors (Lipinski definition) is 5. The molecule has 2 heterocycles. The Balaban J connectivity index is 1.94. The highest BCUT2D eigenvalue weighted by atomic mass is 15.1. The molecule has 5 heteroatoms. The third-order valence-electron chi connectivity index (χ3n) is 2.92. The van der Waals surface area contributed by atoms with E-state index in [0.717, 1.165) is 25.3 Å². The molecule has 1 aliphatic heterocycles. The summed E-state index contributed by atoms with van der Waals surface area (Å²) in [4.78, 5) is 8.41. The molecule has 2 rings (SSSR count). The van der Waals surface area contributed by atoms with Crippen molar-refractivity contribution in [2.45, 2.75) is 19.8 Å². The predicted molar refractivity (Wildman–Crippen MR) is 65.6 cm³/mol. The van der Waals surface area contributed by atoms with Crippen LogP contribution in [0.2, 0.25) is 0 Å². The minimum absolute atomic E-state index is 0.418. The van der Waals surface area contributed by atoms with Crippen LogP contribution < -0.4 is 10.6 Å². The first-order valence-corrected chi connectivity index (χ1v) is 5.98. The highest BCUT2D eigenvalue weighted by Crippen LogP contribution is 2.11. The highest BCUT2D eigenvalue weighted by Gasteiger charge is 2.13. The molecule has 0 aromatic carbocycles. The van der Waals surface area contributed by atoms with Gasteiger partial charge in [-0.25, -0.2) is 9.97 Å². The number of nitrogens with zero attached hydrogens (tertiary/aromatic N) is 3. The van der Waals surface area contributed by atoms with Crippen molar-refractivity contribution in [3.63, 3.8) is 0 Å². The predicted octanol–water partition coefficient (Wildman–Crippen LogP) is 1.07. The van der Waals surface area contributed by atoms with Crippen LogP contribution in [0.5, 0.6) is 0 Å². The highest BCUT2D eigenvalue weighted by molar-refractivity contribution is 5.32. The second-order valence-corrected chi connectivity index (χ2v) is 4.42. The van der Waals surface area contributed by atoms with E-state index in [4.69, 9.17) is 5.26 Å². The Morgan fingerprint density at radius 2 is 2.47 bits per heavy atom. The average molecular weight is 231 g/mol. The van der Waals surface area contributed by atoms with Gasteiger partial charge >= 0.3 is 0 Å². The molecular weight excluding hydrogens is 214 g/mol. The number of nitrogens with one attached hydrogen (secondary N) is 2. The van der Waals surface area contributed by atoms with Crippen LogP contribution in [0.3, 0.4) is 0 Å². The topological polar surface area (TPSA) is 73.6 Å². The Morgan fingerprint density at radius 3 is 3.18 bits per heavy atom. The number of rotatable bonds is 3. The Hall–Kier alpha value is -1.67. The maximum atomic E-state index is 8.83. The van der Waals surface area contributed by atoms with Gasteiger partial charge in [0.2, 0.25) is 5.95 Å². The Kier molecular flexibility index (Phi) is 3.89. The fourth-order valence-electron chi connectivity index (χ4n) is 2.04. The summed E-state index contributed by atoms with van der Waals surface area (Å²) in [6, 6.07) is 3.73. The molecule has 0 amide bonds. The summed E-state index contributed by atoms with van der Waals surface area (Å²) in [5, 5.41) is 15.4. The lowest BCUT2D eigenvalue weighted by atomic mass is 10.00. The summed E-state index contributed by atoms with van der Waals surface area (Å²) in [5.41, 5.74) is 1.24. The molecule has 1 atom stereocenters. The van der Waals surface area contributed by atoms with Gasteiger partial charge in [0.1, 0.15) is 11.8 Å². The standard InChI is InChI=1S/C12H17N5/c1-9-5-11(6-13)17-12(16-9)15-8-10-3-2-4-14-7-10/h5,10,14H,2-4,7-8H2,1H3,(H,15,16,17). The first-order chi connectivity index (χ1) is 8.28. The Bertz CT molecular complexity index is 417. The van der Waals surface area contributed by atoms with Crippen molar-refractivity contribution in [3.8, 4) is 6.07 Å². The third-order valence-corrected chi connectivity index (χ3v) is 2.92. The van der Waals surface area contributed by atoms with Gasteiger partial charge in [0, 0.05) is 12.2 Å². The van der Waals surface area contributed by atoms with E-state index in [9.17, 15) is 0 Å². The zero-order valence-electron chi connectivity index (χ0n) is 10.0. The normalized spacial score (nSPS) is 19.6. The molecule has 0 saturated carbocycles. The van der Waals surface area contributed by atoms with Crippen molar-refractivity contribution in [3.05, 3.63) is 17.5 Å². The fraction of sp³-hybridized carbons (Fsp3) is 0.583. The van der Waals surface area contributed by atoms with Gasteiger partial charge in [-0.2, -0.15) is 5.26 Å². The van der Waals surface area contributed by atoms with Crippen LogP contribution in [0.15, 0.2) is 6.07 Å². The van der Waals surface area contributed by atoms with Crippen LogP contribution in [0, 0.1) is 24.2 Å². The number of piperidine rings is 1. The van der Waals surface area contributed by atoms with Gasteiger partial charge in [0.05, 0.1) is 0 Å². The van der Waals surface area contributed by atoms with Gasteiger partial charge < -0.3 is 10.6 Å². The molecule has 0 spiro atoms. The number of anilines is 1. The van der Waals surface area contributed by atoms with Crippen molar-refractivity contribution in [2.75, 3.05) is 25.0 Å². The monoisotopic (exact) mass is 231 g/mol. The van der Waals surface area contributed by atoms with Gasteiger partial charge in [0.25, 0.3) is 0 Å². The number of aromatic nitrogens is 2. The van der Waals surface area contributed by atoms with E-state index in [1.165, 1.54) is 12.8 Å². The average Bonchev–Trinajstić information content (AvgIpc) is 2.37. The Labute approximate surface area is 101 Å². The smallest absolute Gasteiger partial charge is 0.224 e. The molecule has 0 aliphatic carbocycles. The largest absolute Gasteiger partial charge is 0.354 e. The van der Waals surface area contributed by atoms with Crippen molar-refractivity contribution in [1.29, 1.82) is 5.26 Å². The lowest BCUT2D eigenvalue weighted by Crippen LogP contribution is -2.33. The summed E-state index contributed by atoms with van der Waals surface area (Å²) in [5.74, 6) is 1.19. The first-order valence-electron chi connectivity index (χ1n) is 5.98. The lowest BCUT2D eigenvalue weighted by molar-refractivity contribution is 0.392. The van der Waals surface area contributed by atoms with Crippen LogP contribution in [0.1, 0.15) is 24.2 Å². The maximum absolute atomic E-state index is 8.83. The SMILES string of the molecule is Cc1cc(C#N)nc(NCC2CCCNC2)n1. The van der Waals surface area contributed by atoms with Crippen molar-refractivity contribution >= 4 is 5.95 Å². The molecular formula is C12H17N5. The van der Waals surface area contributed by atoms with E-state index >= 15 is 0 Å². The number of nitriles is 1. The van der Waals surface area contributed by atoms with Gasteiger partial charge in [-0.3, -0.25) is 0 Å². The fourth-order valence-corrected chi connectivity index (χ4v) is 2.04. The molecule has 0 bridgehead atoms. The van der Waals surface area contributed by atoms with Crippen LogP contribution in [0.25, 0.3) is 0 Å². The second-order valence-electron chi connectivity index (χ2n) is 4.42. The zero-order valence-corrected chi connectivity index (χ0v) is 10.0. The van der Waals surface area contributed by atoms with E-state index in [1.807, 2.05) is 13.0 Å². The summed E-state index contributed by atoms with van der Waals surface area (Å²) >= 11 is 0. The quantitative estimate of drug-likeness (QED) is 0.814. The third kappa shape index (κ3) is 3.40. The minimum Gasteiger partial charge on any atom is -0.354 e. The lowest BCUT2D eigenvalue weighted by Gasteiger charge is -2.22. The molecule has 0 radical (unpaired) electrons. The van der Waals surface area contributed by atoms with Gasteiger partial charge in [0.15, 0.2) is 0 Å². The van der Waals surface area contributed by atoms with Crippen LogP contribution in [-0.2, 0) is 0 Å². The van der Waals surface area contributed by atoms with Crippen molar-refractivity contribution in [2.24, 2.45) is 5.92 Å². The molecule has 1 unspecified atom stereocenters. The van der Waals surface area contributed by atoms with E-state index in [0.29, 0.717) is 17.6 Å². The molecule has 1 fully saturated rings. The summed E-state index contributed by atoms with van der Waals surface area (Å²) in [7, 11) is 0.